The molecule has 22 heavy (non-hydrogen) atoms. The molecule has 1 aliphatic heterocycles. The van der Waals surface area contributed by atoms with E-state index in [0.29, 0.717) is 13.0 Å². The fourth-order valence-corrected chi connectivity index (χ4v) is 2.67. The number of aliphatic hydroxyl groups is 1. The average Bonchev–Trinajstić information content (AvgIpc) is 2.40. The van der Waals surface area contributed by atoms with Gasteiger partial charge in [0.15, 0.2) is 0 Å². The molecule has 2 rings (SSSR count). The minimum atomic E-state index is -0.580. The molecule has 1 aromatic carbocycles. The van der Waals surface area contributed by atoms with Gasteiger partial charge < -0.3 is 14.7 Å². The highest BCUT2D eigenvalue weighted by molar-refractivity contribution is 5.69. The standard InChI is InChI=1S/C17H24FNO3/c1-11-10-19(16(21)22-17(2,3)4)14(9-15(11)20)12-5-7-13(18)8-6-12/h5-8,11,14-15,20H,9-10H2,1-4H3/t11-,14-,15?/m1/s1. The molecule has 1 N–H and O–H groups in total. The van der Waals surface area contributed by atoms with E-state index in [2.05, 4.69) is 0 Å². The molecule has 3 atom stereocenters. The second-order valence-corrected chi connectivity index (χ2v) is 6.98. The van der Waals surface area contributed by atoms with Gasteiger partial charge in [-0.2, -0.15) is 0 Å². The van der Waals surface area contributed by atoms with Gasteiger partial charge in [0.2, 0.25) is 0 Å². The van der Waals surface area contributed by atoms with E-state index >= 15 is 0 Å². The van der Waals surface area contributed by atoms with Crippen molar-refractivity contribution in [3.63, 3.8) is 0 Å². The maximum atomic E-state index is 13.1. The van der Waals surface area contributed by atoms with E-state index in [9.17, 15) is 14.3 Å². The molecule has 0 aliphatic carbocycles. The summed E-state index contributed by atoms with van der Waals surface area (Å²) in [6.07, 6.45) is -0.471. The number of rotatable bonds is 1. The van der Waals surface area contributed by atoms with E-state index in [1.807, 2.05) is 27.7 Å². The van der Waals surface area contributed by atoms with Crippen LogP contribution in [0, 0.1) is 11.7 Å². The fraction of sp³-hybridized carbons (Fsp3) is 0.588. The average molecular weight is 309 g/mol. The van der Waals surface area contributed by atoms with Crippen LogP contribution in [0.25, 0.3) is 0 Å². The molecule has 4 nitrogen and oxygen atoms in total. The number of piperidine rings is 1. The van der Waals surface area contributed by atoms with E-state index in [1.165, 1.54) is 12.1 Å². The number of hydrogen-bond acceptors (Lipinski definition) is 3. The Balaban J connectivity index is 2.26. The summed E-state index contributed by atoms with van der Waals surface area (Å²) in [5.41, 5.74) is 0.224. The van der Waals surface area contributed by atoms with Crippen molar-refractivity contribution in [3.8, 4) is 0 Å². The largest absolute Gasteiger partial charge is 0.444 e. The molecule has 1 fully saturated rings. The zero-order valence-electron chi connectivity index (χ0n) is 13.5. The van der Waals surface area contributed by atoms with Crippen molar-refractivity contribution < 1.29 is 19.0 Å². The monoisotopic (exact) mass is 309 g/mol. The third-order valence-corrected chi connectivity index (χ3v) is 3.87. The number of ether oxygens (including phenoxy) is 1. The van der Waals surface area contributed by atoms with E-state index in [4.69, 9.17) is 4.74 Å². The van der Waals surface area contributed by atoms with Crippen molar-refractivity contribution >= 4 is 6.09 Å². The highest BCUT2D eigenvalue weighted by atomic mass is 19.1. The van der Waals surface area contributed by atoms with Crippen LogP contribution in [0.2, 0.25) is 0 Å². The highest BCUT2D eigenvalue weighted by Crippen LogP contribution is 2.34. The summed E-state index contributed by atoms with van der Waals surface area (Å²) in [6, 6.07) is 5.74. The Kier molecular flexibility index (Phi) is 4.75. The number of amides is 1. The van der Waals surface area contributed by atoms with Crippen molar-refractivity contribution in [3.05, 3.63) is 35.6 Å². The number of carbonyl (C=O) groups is 1. The van der Waals surface area contributed by atoms with Crippen LogP contribution in [0.1, 0.15) is 45.7 Å². The summed E-state index contributed by atoms with van der Waals surface area (Å²) < 4.78 is 18.6. The van der Waals surface area contributed by atoms with Crippen LogP contribution in [0.15, 0.2) is 24.3 Å². The number of halogens is 1. The number of benzene rings is 1. The Bertz CT molecular complexity index is 524. The van der Waals surface area contributed by atoms with E-state index in [0.717, 1.165) is 5.56 Å². The molecule has 1 aliphatic rings. The molecule has 0 bridgehead atoms. The number of nitrogens with zero attached hydrogens (tertiary/aromatic N) is 1. The number of hydrogen-bond donors (Lipinski definition) is 1. The maximum absolute atomic E-state index is 13.1. The SMILES string of the molecule is C[C@@H]1CN(C(=O)OC(C)(C)C)[C@@H](c2ccc(F)cc2)CC1O. The lowest BCUT2D eigenvalue weighted by atomic mass is 9.88. The van der Waals surface area contributed by atoms with Gasteiger partial charge in [-0.15, -0.1) is 0 Å². The van der Waals surface area contributed by atoms with Crippen molar-refractivity contribution in [1.82, 2.24) is 4.90 Å². The van der Waals surface area contributed by atoms with Gasteiger partial charge in [0.25, 0.3) is 0 Å². The van der Waals surface area contributed by atoms with Crippen LogP contribution in [-0.2, 0) is 4.74 Å². The van der Waals surface area contributed by atoms with Crippen LogP contribution in [-0.4, -0.2) is 34.3 Å². The molecule has 122 valence electrons. The summed E-state index contributed by atoms with van der Waals surface area (Å²) in [4.78, 5) is 14.1. The first-order chi connectivity index (χ1) is 10.2. The molecule has 1 amide bonds. The van der Waals surface area contributed by atoms with Gasteiger partial charge in [-0.1, -0.05) is 19.1 Å². The first-order valence-electron chi connectivity index (χ1n) is 7.60. The lowest BCUT2D eigenvalue weighted by molar-refractivity contribution is -0.0271. The summed E-state index contributed by atoms with van der Waals surface area (Å²) in [5, 5.41) is 10.1. The summed E-state index contributed by atoms with van der Waals surface area (Å²) in [7, 11) is 0. The zero-order valence-corrected chi connectivity index (χ0v) is 13.5. The van der Waals surface area contributed by atoms with Gasteiger partial charge in [0.05, 0.1) is 12.1 Å². The van der Waals surface area contributed by atoms with Gasteiger partial charge in [-0.3, -0.25) is 0 Å². The molecule has 0 radical (unpaired) electrons. The molecular formula is C17H24FNO3. The Morgan fingerprint density at radius 2 is 1.91 bits per heavy atom. The molecular weight excluding hydrogens is 285 g/mol. The predicted octanol–water partition coefficient (Wildman–Crippen LogP) is 3.50. The second-order valence-electron chi connectivity index (χ2n) is 6.98. The Morgan fingerprint density at radius 1 is 1.32 bits per heavy atom. The van der Waals surface area contributed by atoms with Gasteiger partial charge in [0.1, 0.15) is 11.4 Å². The summed E-state index contributed by atoms with van der Waals surface area (Å²) >= 11 is 0. The fourth-order valence-electron chi connectivity index (χ4n) is 2.67. The van der Waals surface area contributed by atoms with Crippen LogP contribution in [0.5, 0.6) is 0 Å². The normalized spacial score (nSPS) is 25.9. The molecule has 1 aromatic rings. The molecule has 1 saturated heterocycles. The van der Waals surface area contributed by atoms with Gasteiger partial charge in [-0.25, -0.2) is 9.18 Å². The van der Waals surface area contributed by atoms with Crippen molar-refractivity contribution in [2.24, 2.45) is 5.92 Å². The molecule has 0 spiro atoms. The van der Waals surface area contributed by atoms with E-state index < -0.39 is 17.8 Å². The summed E-state index contributed by atoms with van der Waals surface area (Å²) in [6.45, 7) is 7.78. The Morgan fingerprint density at radius 3 is 2.45 bits per heavy atom. The molecule has 1 heterocycles. The molecule has 1 unspecified atom stereocenters. The van der Waals surface area contributed by atoms with E-state index in [1.54, 1.807) is 17.0 Å². The molecule has 0 saturated carbocycles. The van der Waals surface area contributed by atoms with Crippen LogP contribution >= 0.6 is 0 Å². The van der Waals surface area contributed by atoms with Gasteiger partial charge in [-0.05, 0) is 50.8 Å². The van der Waals surface area contributed by atoms with Crippen molar-refractivity contribution in [2.75, 3.05) is 6.54 Å². The lowest BCUT2D eigenvalue weighted by Crippen LogP contribution is -2.48. The minimum absolute atomic E-state index is 0.0239. The Hall–Kier alpha value is -1.62. The van der Waals surface area contributed by atoms with E-state index in [-0.39, 0.29) is 17.8 Å². The highest BCUT2D eigenvalue weighted by Gasteiger charge is 2.37. The molecule has 5 heteroatoms. The lowest BCUT2D eigenvalue weighted by Gasteiger charge is -2.41. The maximum Gasteiger partial charge on any atom is 0.410 e. The van der Waals surface area contributed by atoms with Crippen LogP contribution < -0.4 is 0 Å². The van der Waals surface area contributed by atoms with Crippen LogP contribution in [0.4, 0.5) is 9.18 Å². The number of aliphatic hydroxyl groups excluding tert-OH is 1. The third kappa shape index (κ3) is 3.97. The topological polar surface area (TPSA) is 49.8 Å². The summed E-state index contributed by atoms with van der Waals surface area (Å²) in [5.74, 6) is -0.346. The van der Waals surface area contributed by atoms with Crippen LogP contribution in [0.3, 0.4) is 0 Å². The number of likely N-dealkylation sites (tertiary alicyclic amines) is 1. The second kappa shape index (κ2) is 6.24. The first kappa shape index (κ1) is 16.7. The van der Waals surface area contributed by atoms with Gasteiger partial charge in [0, 0.05) is 6.54 Å². The van der Waals surface area contributed by atoms with Crippen molar-refractivity contribution in [1.29, 1.82) is 0 Å². The predicted molar refractivity (Wildman–Crippen MR) is 81.9 cm³/mol. The third-order valence-electron chi connectivity index (χ3n) is 3.87. The zero-order chi connectivity index (χ0) is 16.5. The first-order valence-corrected chi connectivity index (χ1v) is 7.60. The molecule has 0 aromatic heterocycles. The number of carbonyl (C=O) groups excluding carboxylic acids is 1. The quantitative estimate of drug-likeness (QED) is 0.863. The van der Waals surface area contributed by atoms with Crippen molar-refractivity contribution in [2.45, 2.75) is 51.9 Å². The van der Waals surface area contributed by atoms with Gasteiger partial charge >= 0.3 is 6.09 Å². The minimum Gasteiger partial charge on any atom is -0.444 e. The Labute approximate surface area is 130 Å². The smallest absolute Gasteiger partial charge is 0.410 e.